The van der Waals surface area contributed by atoms with E-state index >= 15 is 0 Å². The fourth-order valence-electron chi connectivity index (χ4n) is 3.25. The lowest BCUT2D eigenvalue weighted by atomic mass is 9.99. The highest BCUT2D eigenvalue weighted by Gasteiger charge is 2.25. The number of aromatic nitrogens is 2. The van der Waals surface area contributed by atoms with Crippen molar-refractivity contribution in [3.8, 4) is 5.75 Å². The fraction of sp³-hybridized carbons (Fsp3) is 0.167. The Morgan fingerprint density at radius 3 is 2.92 bits per heavy atom. The zero-order valence-electron chi connectivity index (χ0n) is 12.8. The first kappa shape index (κ1) is 14.4. The molecule has 6 nitrogen and oxygen atoms in total. The number of rotatable bonds is 2. The first-order valence-corrected chi connectivity index (χ1v) is 7.75. The van der Waals surface area contributed by atoms with Crippen LogP contribution in [0.4, 0.5) is 5.69 Å². The highest BCUT2D eigenvalue weighted by Crippen LogP contribution is 2.31. The van der Waals surface area contributed by atoms with Gasteiger partial charge in [0.15, 0.2) is 0 Å². The van der Waals surface area contributed by atoms with Crippen molar-refractivity contribution in [3.05, 3.63) is 64.2 Å². The van der Waals surface area contributed by atoms with Gasteiger partial charge in [-0.25, -0.2) is 0 Å². The molecule has 0 radical (unpaired) electrons. The minimum absolute atomic E-state index is 0.231. The van der Waals surface area contributed by atoms with Gasteiger partial charge in [0.2, 0.25) is 0 Å². The summed E-state index contributed by atoms with van der Waals surface area (Å²) in [6.45, 7) is 0.541. The molecule has 1 aliphatic heterocycles. The van der Waals surface area contributed by atoms with Gasteiger partial charge in [-0.15, -0.1) is 0 Å². The number of para-hydroxylation sites is 1. The van der Waals surface area contributed by atoms with E-state index in [9.17, 15) is 14.7 Å². The summed E-state index contributed by atoms with van der Waals surface area (Å²) in [5.41, 5.74) is 1.52. The number of carbonyl (C=O) groups excluding carboxylic acids is 1. The third kappa shape index (κ3) is 2.15. The maximum absolute atomic E-state index is 12.8. The van der Waals surface area contributed by atoms with E-state index < -0.39 is 11.5 Å². The molecule has 3 heterocycles. The van der Waals surface area contributed by atoms with Crippen LogP contribution in [-0.4, -0.2) is 20.6 Å². The monoisotopic (exact) mass is 321 g/mol. The molecule has 0 aliphatic carbocycles. The number of hydrogen-bond donors (Lipinski definition) is 2. The average Bonchev–Trinajstić information content (AvgIpc) is 2.60. The number of anilines is 1. The van der Waals surface area contributed by atoms with Crippen LogP contribution >= 0.6 is 0 Å². The second-order valence-electron chi connectivity index (χ2n) is 5.79. The molecule has 120 valence electrons. The van der Waals surface area contributed by atoms with Gasteiger partial charge >= 0.3 is 0 Å². The van der Waals surface area contributed by atoms with Gasteiger partial charge in [0.25, 0.3) is 11.5 Å². The van der Waals surface area contributed by atoms with Crippen LogP contribution in [0.5, 0.6) is 5.75 Å². The summed E-state index contributed by atoms with van der Waals surface area (Å²) in [6.07, 6.45) is 4.76. The Hall–Kier alpha value is -3.15. The van der Waals surface area contributed by atoms with Crippen molar-refractivity contribution in [2.75, 3.05) is 5.32 Å². The zero-order valence-corrected chi connectivity index (χ0v) is 12.8. The smallest absolute Gasteiger partial charge is 0.267 e. The summed E-state index contributed by atoms with van der Waals surface area (Å²) in [5, 5.41) is 13.7. The van der Waals surface area contributed by atoms with Gasteiger partial charge in [-0.1, -0.05) is 12.1 Å². The molecule has 3 aromatic rings. The molecule has 0 unspecified atom stereocenters. The number of pyridine rings is 2. The molecular formula is C18H15N3O3. The Labute approximate surface area is 137 Å². The summed E-state index contributed by atoms with van der Waals surface area (Å²) in [7, 11) is 0. The van der Waals surface area contributed by atoms with E-state index in [4.69, 9.17) is 0 Å². The molecule has 6 heteroatoms. The van der Waals surface area contributed by atoms with Crippen LogP contribution in [0, 0.1) is 0 Å². The van der Waals surface area contributed by atoms with Crippen molar-refractivity contribution in [2.24, 2.45) is 0 Å². The molecule has 1 aromatic carbocycles. The highest BCUT2D eigenvalue weighted by molar-refractivity contribution is 6.09. The number of nitrogens with zero attached hydrogens (tertiary/aromatic N) is 2. The molecule has 0 bridgehead atoms. The van der Waals surface area contributed by atoms with E-state index in [1.807, 2.05) is 12.1 Å². The number of benzene rings is 1. The molecule has 0 spiro atoms. The van der Waals surface area contributed by atoms with Gasteiger partial charge in [0.05, 0.1) is 17.4 Å². The van der Waals surface area contributed by atoms with Crippen LogP contribution < -0.4 is 10.9 Å². The Balaban J connectivity index is 1.91. The van der Waals surface area contributed by atoms with E-state index in [1.54, 1.807) is 29.0 Å². The zero-order chi connectivity index (χ0) is 16.7. The van der Waals surface area contributed by atoms with Crippen LogP contribution in [0.25, 0.3) is 10.9 Å². The number of aromatic hydroxyl groups is 1. The van der Waals surface area contributed by atoms with Crippen LogP contribution in [-0.2, 0) is 13.0 Å². The Morgan fingerprint density at radius 2 is 2.12 bits per heavy atom. The molecule has 2 aromatic heterocycles. The Kier molecular flexibility index (Phi) is 3.30. The largest absolute Gasteiger partial charge is 0.506 e. The molecule has 1 aliphatic rings. The maximum Gasteiger partial charge on any atom is 0.267 e. The first-order chi connectivity index (χ1) is 11.7. The molecular weight excluding hydrogens is 306 g/mol. The van der Waals surface area contributed by atoms with Crippen LogP contribution in [0.1, 0.15) is 22.3 Å². The van der Waals surface area contributed by atoms with Crippen molar-refractivity contribution < 1.29 is 9.90 Å². The molecule has 0 atom stereocenters. The van der Waals surface area contributed by atoms with Crippen LogP contribution in [0.3, 0.4) is 0 Å². The number of carbonyl (C=O) groups is 1. The lowest BCUT2D eigenvalue weighted by molar-refractivity contribution is 0.102. The van der Waals surface area contributed by atoms with Crippen LogP contribution in [0.2, 0.25) is 0 Å². The number of aryl methyl sites for hydroxylation is 2. The molecule has 24 heavy (non-hydrogen) atoms. The minimum Gasteiger partial charge on any atom is -0.506 e. The SMILES string of the molecule is O=C(Nc1cccnc1)c1c(O)c2cccc3c2n(c1=O)CCC3. The van der Waals surface area contributed by atoms with Crippen molar-refractivity contribution in [1.29, 1.82) is 0 Å². The number of amides is 1. The van der Waals surface area contributed by atoms with E-state index in [-0.39, 0.29) is 11.3 Å². The summed E-state index contributed by atoms with van der Waals surface area (Å²) in [6, 6.07) is 8.87. The molecule has 0 saturated carbocycles. The standard InChI is InChI=1S/C18H15N3O3/c22-16-13-7-1-4-11-5-3-9-21(15(11)13)18(24)14(16)17(23)20-12-6-2-8-19-10-12/h1-2,4,6-8,10,22H,3,5,9H2,(H,20,23). The molecule has 0 fully saturated rings. The lowest BCUT2D eigenvalue weighted by Gasteiger charge is -2.21. The maximum atomic E-state index is 12.8. The summed E-state index contributed by atoms with van der Waals surface area (Å²) >= 11 is 0. The second-order valence-corrected chi connectivity index (χ2v) is 5.79. The van der Waals surface area contributed by atoms with Crippen molar-refractivity contribution in [2.45, 2.75) is 19.4 Å². The van der Waals surface area contributed by atoms with Gasteiger partial charge in [-0.05, 0) is 36.6 Å². The molecule has 2 N–H and O–H groups in total. The minimum atomic E-state index is -0.632. The number of hydrogen-bond acceptors (Lipinski definition) is 4. The van der Waals surface area contributed by atoms with E-state index in [1.165, 1.54) is 6.20 Å². The molecule has 0 saturated heterocycles. The highest BCUT2D eigenvalue weighted by atomic mass is 16.3. The lowest BCUT2D eigenvalue weighted by Crippen LogP contribution is -2.31. The van der Waals surface area contributed by atoms with Crippen molar-refractivity contribution in [1.82, 2.24) is 9.55 Å². The quantitative estimate of drug-likeness (QED) is 0.758. The molecule has 1 amide bonds. The molecule has 4 rings (SSSR count). The van der Waals surface area contributed by atoms with Gasteiger partial charge in [0.1, 0.15) is 11.3 Å². The van der Waals surface area contributed by atoms with Gasteiger partial charge in [-0.2, -0.15) is 0 Å². The average molecular weight is 321 g/mol. The second kappa shape index (κ2) is 5.49. The fourth-order valence-corrected chi connectivity index (χ4v) is 3.25. The predicted molar refractivity (Wildman–Crippen MR) is 90.4 cm³/mol. The van der Waals surface area contributed by atoms with Crippen molar-refractivity contribution in [3.63, 3.8) is 0 Å². The number of nitrogens with one attached hydrogen (secondary N) is 1. The third-order valence-electron chi connectivity index (χ3n) is 4.31. The Bertz CT molecular complexity index is 1010. The third-order valence-corrected chi connectivity index (χ3v) is 4.31. The van der Waals surface area contributed by atoms with Gasteiger partial charge in [-0.3, -0.25) is 14.6 Å². The summed E-state index contributed by atoms with van der Waals surface area (Å²) < 4.78 is 1.59. The van der Waals surface area contributed by atoms with E-state index in [0.29, 0.717) is 17.6 Å². The summed E-state index contributed by atoms with van der Waals surface area (Å²) in [4.78, 5) is 29.3. The normalized spacial score (nSPS) is 13.0. The first-order valence-electron chi connectivity index (χ1n) is 7.75. The van der Waals surface area contributed by atoms with Gasteiger partial charge < -0.3 is 15.0 Å². The van der Waals surface area contributed by atoms with Gasteiger partial charge in [0, 0.05) is 18.1 Å². The topological polar surface area (TPSA) is 84.2 Å². The Morgan fingerprint density at radius 1 is 1.25 bits per heavy atom. The predicted octanol–water partition coefficient (Wildman–Crippen LogP) is 2.30. The van der Waals surface area contributed by atoms with E-state index in [0.717, 1.165) is 23.9 Å². The van der Waals surface area contributed by atoms with Crippen LogP contribution in [0.15, 0.2) is 47.5 Å². The van der Waals surface area contributed by atoms with E-state index in [2.05, 4.69) is 10.3 Å². The summed E-state index contributed by atoms with van der Waals surface area (Å²) in [5.74, 6) is -0.900. The van der Waals surface area contributed by atoms with Crippen molar-refractivity contribution >= 4 is 22.5 Å².